The zero-order valence-electron chi connectivity index (χ0n) is 18.5. The molecule has 180 valence electrons. The molecule has 1 fully saturated rings. The number of amides is 1. The van der Waals surface area contributed by atoms with Crippen molar-refractivity contribution in [1.82, 2.24) is 0 Å². The van der Waals surface area contributed by atoms with Crippen molar-refractivity contribution in [2.75, 3.05) is 17.7 Å². The molecule has 0 bridgehead atoms. The van der Waals surface area contributed by atoms with Crippen molar-refractivity contribution in [1.29, 1.82) is 0 Å². The largest absolute Gasteiger partial charge is 0.495 e. The summed E-state index contributed by atoms with van der Waals surface area (Å²) in [6.45, 7) is 1.34. The minimum atomic E-state index is -0.779. The van der Waals surface area contributed by atoms with Crippen LogP contribution < -0.4 is 15.4 Å². The van der Waals surface area contributed by atoms with E-state index < -0.39 is 21.2 Å². The van der Waals surface area contributed by atoms with Gasteiger partial charge in [0.05, 0.1) is 38.9 Å². The first-order valence-corrected chi connectivity index (χ1v) is 11.3. The summed E-state index contributed by atoms with van der Waals surface area (Å²) >= 11 is 3.09. The Morgan fingerprint density at radius 3 is 2.35 bits per heavy atom. The van der Waals surface area contributed by atoms with Crippen LogP contribution in [0.5, 0.6) is 5.75 Å². The van der Waals surface area contributed by atoms with Gasteiger partial charge in [-0.25, -0.2) is 0 Å². The highest BCUT2D eigenvalue weighted by Crippen LogP contribution is 2.42. The second-order valence-corrected chi connectivity index (χ2v) is 8.59. The zero-order chi connectivity index (χ0) is 24.8. The predicted molar refractivity (Wildman–Crippen MR) is 129 cm³/mol. The number of nitrogens with zero attached hydrogens (tertiary/aromatic N) is 4. The number of nitro groups is 2. The highest BCUT2D eigenvalue weighted by atomic mass is 79.9. The van der Waals surface area contributed by atoms with Gasteiger partial charge in [0.25, 0.3) is 5.69 Å². The van der Waals surface area contributed by atoms with E-state index in [1.54, 1.807) is 12.1 Å². The van der Waals surface area contributed by atoms with Crippen LogP contribution in [0.25, 0.3) is 0 Å². The third-order valence-corrected chi connectivity index (χ3v) is 5.89. The molecule has 0 aliphatic heterocycles. The molecule has 34 heavy (non-hydrogen) atoms. The van der Waals surface area contributed by atoms with E-state index in [1.807, 2.05) is 0 Å². The first kappa shape index (κ1) is 25.0. The van der Waals surface area contributed by atoms with Crippen LogP contribution in [-0.2, 0) is 4.79 Å². The smallest absolute Gasteiger partial charge is 0.304 e. The third kappa shape index (κ3) is 6.04. The fourth-order valence-electron chi connectivity index (χ4n) is 3.71. The Bertz CT molecular complexity index is 1150. The molecular weight excluding hydrogens is 512 g/mol. The van der Waals surface area contributed by atoms with Gasteiger partial charge in [-0.15, -0.1) is 10.2 Å². The minimum Gasteiger partial charge on any atom is -0.495 e. The average molecular weight is 535 g/mol. The van der Waals surface area contributed by atoms with Crippen LogP contribution in [0, 0.1) is 20.2 Å². The Hall–Kier alpha value is -3.61. The molecular formula is C21H23BrN6O6. The van der Waals surface area contributed by atoms with Crippen molar-refractivity contribution in [3.05, 3.63) is 49.0 Å². The topological polar surface area (TPSA) is 161 Å². The number of benzene rings is 2. The number of azo groups is 1. The Morgan fingerprint density at radius 1 is 1.06 bits per heavy atom. The third-order valence-electron chi connectivity index (χ3n) is 5.29. The number of ether oxygens (including phenoxy) is 1. The summed E-state index contributed by atoms with van der Waals surface area (Å²) in [5, 5.41) is 36.8. The van der Waals surface area contributed by atoms with Crippen molar-refractivity contribution in [2.45, 2.75) is 45.1 Å². The van der Waals surface area contributed by atoms with Gasteiger partial charge in [-0.2, -0.15) is 0 Å². The highest BCUT2D eigenvalue weighted by molar-refractivity contribution is 9.10. The molecule has 12 nitrogen and oxygen atoms in total. The molecule has 1 saturated carbocycles. The summed E-state index contributed by atoms with van der Waals surface area (Å²) in [7, 11) is 1.50. The van der Waals surface area contributed by atoms with Gasteiger partial charge >= 0.3 is 5.69 Å². The van der Waals surface area contributed by atoms with Crippen molar-refractivity contribution < 1.29 is 19.4 Å². The molecule has 2 aromatic carbocycles. The van der Waals surface area contributed by atoms with Crippen molar-refractivity contribution >= 4 is 56.0 Å². The van der Waals surface area contributed by atoms with E-state index in [0.29, 0.717) is 17.1 Å². The maximum atomic E-state index is 11.8. The summed E-state index contributed by atoms with van der Waals surface area (Å²) in [5.74, 6) is 0.124. The fourth-order valence-corrected chi connectivity index (χ4v) is 4.23. The predicted octanol–water partition coefficient (Wildman–Crippen LogP) is 6.39. The highest BCUT2D eigenvalue weighted by Gasteiger charge is 2.24. The van der Waals surface area contributed by atoms with Crippen LogP contribution >= 0.6 is 15.9 Å². The van der Waals surface area contributed by atoms with E-state index in [0.717, 1.165) is 37.8 Å². The lowest BCUT2D eigenvalue weighted by Crippen LogP contribution is -2.22. The lowest BCUT2D eigenvalue weighted by atomic mass is 9.95. The number of nitrogens with one attached hydrogen (secondary N) is 2. The number of non-ortho nitro benzene ring substituents is 1. The van der Waals surface area contributed by atoms with Crippen molar-refractivity contribution in [3.63, 3.8) is 0 Å². The molecule has 0 spiro atoms. The molecule has 2 aromatic rings. The van der Waals surface area contributed by atoms with E-state index in [9.17, 15) is 25.0 Å². The monoisotopic (exact) mass is 534 g/mol. The molecule has 0 radical (unpaired) electrons. The molecule has 0 atom stereocenters. The quantitative estimate of drug-likeness (QED) is 0.225. The van der Waals surface area contributed by atoms with Gasteiger partial charge in [-0.1, -0.05) is 19.3 Å². The van der Waals surface area contributed by atoms with Gasteiger partial charge in [0.15, 0.2) is 5.69 Å². The van der Waals surface area contributed by atoms with Gasteiger partial charge in [-0.05, 0) is 34.8 Å². The number of rotatable bonds is 8. The Morgan fingerprint density at radius 2 is 1.76 bits per heavy atom. The normalized spacial score (nSPS) is 14.1. The number of hydrogen-bond donors (Lipinski definition) is 2. The summed E-state index contributed by atoms with van der Waals surface area (Å²) in [4.78, 5) is 32.8. The lowest BCUT2D eigenvalue weighted by molar-refractivity contribution is -0.393. The van der Waals surface area contributed by atoms with Crippen LogP contribution in [0.15, 0.2) is 39.0 Å². The lowest BCUT2D eigenvalue weighted by Gasteiger charge is -2.25. The summed E-state index contributed by atoms with van der Waals surface area (Å²) in [5.41, 5.74) is -0.0473. The molecule has 0 saturated heterocycles. The van der Waals surface area contributed by atoms with Gasteiger partial charge in [0.1, 0.15) is 11.4 Å². The molecule has 1 aliphatic carbocycles. The molecule has 2 N–H and O–H groups in total. The van der Waals surface area contributed by atoms with Crippen molar-refractivity contribution in [3.8, 4) is 5.75 Å². The Labute approximate surface area is 203 Å². The number of anilines is 2. The Balaban J connectivity index is 2.04. The summed E-state index contributed by atoms with van der Waals surface area (Å²) in [6.07, 6.45) is 5.52. The van der Waals surface area contributed by atoms with Crippen LogP contribution in [0.4, 0.5) is 34.1 Å². The molecule has 13 heteroatoms. The van der Waals surface area contributed by atoms with Crippen LogP contribution in [0.3, 0.4) is 0 Å². The number of nitro benzene ring substituents is 2. The number of hydrogen-bond acceptors (Lipinski definition) is 9. The number of halogens is 1. The minimum absolute atomic E-state index is 0.0285. The maximum absolute atomic E-state index is 11.8. The number of carbonyl (C=O) groups excluding carboxylic acids is 1. The summed E-state index contributed by atoms with van der Waals surface area (Å²) in [6, 6.07) is 5.44. The van der Waals surface area contributed by atoms with E-state index in [4.69, 9.17) is 4.74 Å². The van der Waals surface area contributed by atoms with Crippen LogP contribution in [-0.4, -0.2) is 28.9 Å². The molecule has 0 heterocycles. The first-order valence-electron chi connectivity index (χ1n) is 10.5. The van der Waals surface area contributed by atoms with E-state index in [1.165, 1.54) is 20.5 Å². The van der Waals surface area contributed by atoms with E-state index >= 15 is 0 Å². The van der Waals surface area contributed by atoms with Gasteiger partial charge in [0, 0.05) is 25.1 Å². The zero-order valence-corrected chi connectivity index (χ0v) is 20.1. The standard InChI is InChI=1S/C21H23BrN6O6/c1-12(29)23-16-10-18(24-13-6-4-3-5-7-13)20(34-2)11-17(16)25-26-21-15(22)8-14(27(30)31)9-19(21)28(32)33/h8-11,13,24H,3-7H2,1-2H3,(H,23,29). The molecule has 0 unspecified atom stereocenters. The Kier molecular flexibility index (Phi) is 8.10. The molecule has 1 amide bonds. The molecule has 0 aromatic heterocycles. The van der Waals surface area contributed by atoms with E-state index in [-0.39, 0.29) is 27.8 Å². The van der Waals surface area contributed by atoms with Gasteiger partial charge < -0.3 is 15.4 Å². The van der Waals surface area contributed by atoms with Gasteiger partial charge in [-0.3, -0.25) is 25.0 Å². The number of carbonyl (C=O) groups is 1. The van der Waals surface area contributed by atoms with E-state index in [2.05, 4.69) is 36.8 Å². The summed E-state index contributed by atoms with van der Waals surface area (Å²) < 4.78 is 5.53. The second kappa shape index (κ2) is 11.0. The van der Waals surface area contributed by atoms with Crippen molar-refractivity contribution in [2.24, 2.45) is 10.2 Å². The number of methoxy groups -OCH3 is 1. The molecule has 1 aliphatic rings. The molecule has 3 rings (SSSR count). The van der Waals surface area contributed by atoms with Crippen LogP contribution in [0.1, 0.15) is 39.0 Å². The maximum Gasteiger partial charge on any atom is 0.304 e. The first-order chi connectivity index (χ1) is 16.2. The van der Waals surface area contributed by atoms with Gasteiger partial charge in [0.2, 0.25) is 5.91 Å². The second-order valence-electron chi connectivity index (χ2n) is 7.74. The SMILES string of the molecule is COc1cc(N=Nc2c(Br)cc([N+](=O)[O-])cc2[N+](=O)[O-])c(NC(C)=O)cc1NC1CCCCC1. The fraction of sp³-hybridized carbons (Fsp3) is 0.381. The van der Waals surface area contributed by atoms with Crippen LogP contribution in [0.2, 0.25) is 0 Å². The average Bonchev–Trinajstić information content (AvgIpc) is 2.78.